The molecule has 222 valence electrons. The minimum atomic E-state index is 1.17. The van der Waals surface area contributed by atoms with Crippen LogP contribution in [0.5, 0.6) is 0 Å². The standard InChI is InChI=1S/C37H65N2/c1-3-5-7-9-11-12-13-14-15-16-17-18-19-20-22-24-29-33-38-34-35-39(36-30-26-25-27-31-36)37(38)32-28-23-21-10-8-6-4-2/h25-27,30-31,34-35H,3-24,28-29,32-33H2,1-2H3/q+1. The van der Waals surface area contributed by atoms with Crippen molar-refractivity contribution in [3.05, 3.63) is 48.5 Å². The van der Waals surface area contributed by atoms with Crippen LogP contribution in [-0.2, 0) is 13.0 Å². The van der Waals surface area contributed by atoms with Crippen molar-refractivity contribution in [3.8, 4) is 5.69 Å². The van der Waals surface area contributed by atoms with E-state index in [1.165, 1.54) is 179 Å². The number of nitrogens with zero attached hydrogens (tertiary/aromatic N) is 2. The predicted octanol–water partition coefficient (Wildman–Crippen LogP) is 11.7. The van der Waals surface area contributed by atoms with Gasteiger partial charge in [-0.05, 0) is 31.4 Å². The topological polar surface area (TPSA) is 8.81 Å². The van der Waals surface area contributed by atoms with E-state index in [-0.39, 0.29) is 0 Å². The number of unbranched alkanes of at least 4 members (excludes halogenated alkanes) is 22. The van der Waals surface area contributed by atoms with Crippen molar-refractivity contribution >= 4 is 0 Å². The van der Waals surface area contributed by atoms with Crippen LogP contribution in [-0.4, -0.2) is 4.57 Å². The SMILES string of the molecule is CCCCCCCCCCCCCCCCCCC[n+]1ccn(-c2ccccc2)c1CCCCCCCCC. The summed E-state index contributed by atoms with van der Waals surface area (Å²) < 4.78 is 4.99. The smallest absolute Gasteiger partial charge is 0.234 e. The molecule has 0 amide bonds. The molecule has 1 aromatic carbocycles. The summed E-state index contributed by atoms with van der Waals surface area (Å²) in [5.41, 5.74) is 1.30. The highest BCUT2D eigenvalue weighted by molar-refractivity contribution is 5.31. The van der Waals surface area contributed by atoms with Crippen molar-refractivity contribution in [2.24, 2.45) is 0 Å². The Hall–Kier alpha value is -1.57. The van der Waals surface area contributed by atoms with E-state index in [4.69, 9.17) is 0 Å². The molecule has 0 N–H and O–H groups in total. The summed E-state index contributed by atoms with van der Waals surface area (Å²) in [6.45, 7) is 5.78. The summed E-state index contributed by atoms with van der Waals surface area (Å²) in [6, 6.07) is 10.9. The number of hydrogen-bond acceptors (Lipinski definition) is 0. The lowest BCUT2D eigenvalue weighted by Gasteiger charge is -2.06. The molecule has 0 saturated heterocycles. The van der Waals surface area contributed by atoms with Crippen LogP contribution in [0, 0.1) is 0 Å². The number of benzene rings is 1. The Morgan fingerprint density at radius 1 is 0.487 bits per heavy atom. The van der Waals surface area contributed by atoms with Gasteiger partial charge < -0.3 is 0 Å². The Balaban J connectivity index is 1.55. The first kappa shape index (κ1) is 33.6. The largest absolute Gasteiger partial charge is 0.261 e. The van der Waals surface area contributed by atoms with E-state index >= 15 is 0 Å². The van der Waals surface area contributed by atoms with Gasteiger partial charge in [-0.1, -0.05) is 167 Å². The Morgan fingerprint density at radius 3 is 1.36 bits per heavy atom. The van der Waals surface area contributed by atoms with Gasteiger partial charge >= 0.3 is 0 Å². The lowest BCUT2D eigenvalue weighted by Crippen LogP contribution is -2.37. The van der Waals surface area contributed by atoms with Crippen molar-refractivity contribution in [1.82, 2.24) is 4.57 Å². The van der Waals surface area contributed by atoms with Gasteiger partial charge in [0.2, 0.25) is 0 Å². The molecule has 1 aromatic heterocycles. The van der Waals surface area contributed by atoms with E-state index in [1.807, 2.05) is 0 Å². The van der Waals surface area contributed by atoms with Crippen molar-refractivity contribution in [3.63, 3.8) is 0 Å². The summed E-state index contributed by atoms with van der Waals surface area (Å²) in [5, 5.41) is 0. The van der Waals surface area contributed by atoms with E-state index < -0.39 is 0 Å². The quantitative estimate of drug-likeness (QED) is 0.0791. The third-order valence-corrected chi connectivity index (χ3v) is 8.55. The molecule has 0 aliphatic carbocycles. The maximum atomic E-state index is 2.55. The van der Waals surface area contributed by atoms with Gasteiger partial charge in [0.25, 0.3) is 5.82 Å². The molecule has 0 unspecified atom stereocenters. The summed E-state index contributed by atoms with van der Waals surface area (Å²) in [6.07, 6.45) is 39.8. The number of aromatic nitrogens is 2. The fourth-order valence-electron chi connectivity index (χ4n) is 6.00. The Labute approximate surface area is 244 Å². The van der Waals surface area contributed by atoms with Crippen LogP contribution in [0.25, 0.3) is 5.69 Å². The molecule has 0 aliphatic rings. The van der Waals surface area contributed by atoms with E-state index in [0.717, 1.165) is 0 Å². The van der Waals surface area contributed by atoms with Crippen molar-refractivity contribution in [2.45, 2.75) is 181 Å². The zero-order chi connectivity index (χ0) is 27.6. The molecule has 0 atom stereocenters. The zero-order valence-corrected chi connectivity index (χ0v) is 26.3. The maximum Gasteiger partial charge on any atom is 0.261 e. The van der Waals surface area contributed by atoms with Crippen LogP contribution in [0.3, 0.4) is 0 Å². The van der Waals surface area contributed by atoms with E-state index in [9.17, 15) is 0 Å². The highest BCUT2D eigenvalue weighted by Gasteiger charge is 2.18. The molecule has 39 heavy (non-hydrogen) atoms. The molecule has 1 heterocycles. The number of imidazole rings is 1. The first-order chi connectivity index (χ1) is 19.4. The highest BCUT2D eigenvalue weighted by Crippen LogP contribution is 2.16. The van der Waals surface area contributed by atoms with Crippen LogP contribution in [0.1, 0.15) is 174 Å². The van der Waals surface area contributed by atoms with E-state index in [2.05, 4.69) is 65.7 Å². The Kier molecular flexibility index (Phi) is 20.9. The van der Waals surface area contributed by atoms with Crippen LogP contribution in [0.2, 0.25) is 0 Å². The minimum absolute atomic E-state index is 1.17. The van der Waals surface area contributed by atoms with Gasteiger partial charge in [0.05, 0.1) is 6.54 Å². The molecule has 0 radical (unpaired) electrons. The molecule has 0 bridgehead atoms. The predicted molar refractivity (Wildman–Crippen MR) is 172 cm³/mol. The molecule has 0 saturated carbocycles. The fraction of sp³-hybridized carbons (Fsp3) is 0.757. The molecule has 0 aliphatic heterocycles. The maximum absolute atomic E-state index is 2.55. The van der Waals surface area contributed by atoms with Gasteiger partial charge in [-0.3, -0.25) is 0 Å². The average molecular weight is 538 g/mol. The molecule has 2 heteroatoms. The second-order valence-electron chi connectivity index (χ2n) is 12.1. The van der Waals surface area contributed by atoms with Crippen LogP contribution >= 0.6 is 0 Å². The third kappa shape index (κ3) is 16.3. The molecular weight excluding hydrogens is 472 g/mol. The molecular formula is C37H65N2+. The van der Waals surface area contributed by atoms with Gasteiger partial charge in [0.1, 0.15) is 18.1 Å². The highest BCUT2D eigenvalue weighted by atomic mass is 15.1. The summed E-state index contributed by atoms with van der Waals surface area (Å²) in [4.78, 5) is 0. The van der Waals surface area contributed by atoms with Gasteiger partial charge in [0, 0.05) is 6.42 Å². The first-order valence-corrected chi connectivity index (χ1v) is 17.5. The van der Waals surface area contributed by atoms with Gasteiger partial charge in [-0.25, -0.2) is 4.57 Å². The average Bonchev–Trinajstić information content (AvgIpc) is 3.37. The summed E-state index contributed by atoms with van der Waals surface area (Å²) in [7, 11) is 0. The lowest BCUT2D eigenvalue weighted by atomic mass is 10.0. The van der Waals surface area contributed by atoms with E-state index in [0.29, 0.717) is 0 Å². The van der Waals surface area contributed by atoms with Gasteiger partial charge in [0.15, 0.2) is 0 Å². The second kappa shape index (κ2) is 24.2. The fourth-order valence-corrected chi connectivity index (χ4v) is 6.00. The van der Waals surface area contributed by atoms with Crippen LogP contribution in [0.4, 0.5) is 0 Å². The number of para-hydroxylation sites is 1. The number of rotatable bonds is 27. The lowest BCUT2D eigenvalue weighted by molar-refractivity contribution is -0.704. The molecule has 2 aromatic rings. The molecule has 2 nitrogen and oxygen atoms in total. The molecule has 0 fully saturated rings. The second-order valence-corrected chi connectivity index (χ2v) is 12.1. The van der Waals surface area contributed by atoms with Gasteiger partial charge in [-0.15, -0.1) is 0 Å². The number of hydrogen-bond donors (Lipinski definition) is 0. The zero-order valence-electron chi connectivity index (χ0n) is 26.3. The Morgan fingerprint density at radius 2 is 0.897 bits per heavy atom. The van der Waals surface area contributed by atoms with E-state index in [1.54, 1.807) is 0 Å². The minimum Gasteiger partial charge on any atom is -0.234 e. The molecule has 0 spiro atoms. The Bertz CT molecular complexity index is 778. The normalized spacial score (nSPS) is 11.4. The van der Waals surface area contributed by atoms with Crippen LogP contribution < -0.4 is 4.57 Å². The number of aryl methyl sites for hydroxylation is 1. The summed E-state index contributed by atoms with van der Waals surface area (Å²) in [5.74, 6) is 1.49. The van der Waals surface area contributed by atoms with Crippen molar-refractivity contribution in [2.75, 3.05) is 0 Å². The van der Waals surface area contributed by atoms with Crippen LogP contribution in [0.15, 0.2) is 42.7 Å². The molecule has 2 rings (SSSR count). The van der Waals surface area contributed by atoms with Crippen molar-refractivity contribution < 1.29 is 4.57 Å². The van der Waals surface area contributed by atoms with Crippen molar-refractivity contribution in [1.29, 1.82) is 0 Å². The van der Waals surface area contributed by atoms with Gasteiger partial charge in [-0.2, -0.15) is 4.57 Å². The first-order valence-electron chi connectivity index (χ1n) is 17.5. The summed E-state index contributed by atoms with van der Waals surface area (Å²) >= 11 is 0. The monoisotopic (exact) mass is 538 g/mol. The third-order valence-electron chi connectivity index (χ3n) is 8.55.